The lowest BCUT2D eigenvalue weighted by Crippen LogP contribution is -2.18. The van der Waals surface area contributed by atoms with Crippen LogP contribution in [0.4, 0.5) is 11.4 Å². The van der Waals surface area contributed by atoms with Gasteiger partial charge in [0, 0.05) is 55.6 Å². The summed E-state index contributed by atoms with van der Waals surface area (Å²) in [6.07, 6.45) is 4.60. The van der Waals surface area contributed by atoms with Gasteiger partial charge in [-0.1, -0.05) is 117 Å². The number of fused-ring (bicyclic) bond motifs is 12. The zero-order chi connectivity index (χ0) is 39.7. The van der Waals surface area contributed by atoms with Crippen LogP contribution in [-0.2, 0) is 5.41 Å². The molecule has 3 heteroatoms. The molecular weight excluding hydrogens is 729 g/mol. The highest BCUT2D eigenvalue weighted by atomic mass is 16.3. The largest absolute Gasteiger partial charge is 0.456 e. The fourth-order valence-electron chi connectivity index (χ4n) is 11.2. The summed E-state index contributed by atoms with van der Waals surface area (Å²) in [5.74, 6) is 0.789. The van der Waals surface area contributed by atoms with Crippen LogP contribution in [0.15, 0.2) is 192 Å². The topological polar surface area (TPSA) is 21.3 Å². The maximum Gasteiger partial charge on any atom is 0.135 e. The lowest BCUT2D eigenvalue weighted by atomic mass is 9.78. The molecule has 0 spiro atoms. The normalized spacial score (nSPS) is 17.6. The van der Waals surface area contributed by atoms with Crippen LogP contribution >= 0.6 is 0 Å². The molecule has 286 valence electrons. The van der Waals surface area contributed by atoms with Gasteiger partial charge in [-0.05, 0) is 142 Å². The minimum atomic E-state index is -0.0754. The SMILES string of the molecule is CC1(C)c2ccccc2-c2cc3c4cc(-c5ccc6oc7ccc(C8CC=C9C(C8)c8ccccc8N9c8ccccc8)cc7c6c5)ccc4n(-c4ccccc4)c3cc21. The van der Waals surface area contributed by atoms with Gasteiger partial charge in [0.15, 0.2) is 0 Å². The fraction of sp³-hybridized carbons (Fsp3) is 0.123. The van der Waals surface area contributed by atoms with Crippen molar-refractivity contribution in [2.24, 2.45) is 0 Å². The number of nitrogens with zero attached hydrogens (tertiary/aromatic N) is 2. The van der Waals surface area contributed by atoms with Crippen LogP contribution in [0.5, 0.6) is 0 Å². The molecule has 60 heavy (non-hydrogen) atoms. The standard InChI is InChI=1S/C57H42N2O/c1-57(2)49-19-11-9-17-41(49)43-33-46-45-30-36(22-26-53(45)59(54(46)34-50(43)57)40-15-7-4-8-16-40)38-24-28-56-48(32-38)47-31-37(23-27-55(47)60-56)35-21-25-52-44(29-35)42-18-10-12-20-51(42)58(52)39-13-5-3-6-14-39/h3-20,22-28,30-35,44H,21,29H2,1-2H3. The van der Waals surface area contributed by atoms with E-state index in [0.717, 1.165) is 24.0 Å². The number of para-hydroxylation sites is 3. The fourth-order valence-corrected chi connectivity index (χ4v) is 11.2. The van der Waals surface area contributed by atoms with Gasteiger partial charge >= 0.3 is 0 Å². The van der Waals surface area contributed by atoms with Crippen molar-refractivity contribution in [3.8, 4) is 27.9 Å². The Hall–Kier alpha value is -7.10. The van der Waals surface area contributed by atoms with Crippen molar-refractivity contribution in [3.05, 3.63) is 210 Å². The Morgan fingerprint density at radius 3 is 2.03 bits per heavy atom. The Kier molecular flexibility index (Phi) is 7.02. The van der Waals surface area contributed by atoms with E-state index in [9.17, 15) is 0 Å². The molecule has 0 amide bonds. The molecule has 3 aliphatic rings. The van der Waals surface area contributed by atoms with Gasteiger partial charge in [0.05, 0.1) is 11.0 Å². The summed E-state index contributed by atoms with van der Waals surface area (Å²) in [4.78, 5) is 2.48. The molecule has 0 saturated carbocycles. The lowest BCUT2D eigenvalue weighted by Gasteiger charge is -2.30. The molecule has 0 bridgehead atoms. The van der Waals surface area contributed by atoms with Gasteiger partial charge in [0.2, 0.25) is 0 Å². The lowest BCUT2D eigenvalue weighted by molar-refractivity contribution is 0.552. The van der Waals surface area contributed by atoms with Crippen molar-refractivity contribution in [2.45, 2.75) is 43.9 Å². The number of hydrogen-bond donors (Lipinski definition) is 0. The maximum atomic E-state index is 6.51. The van der Waals surface area contributed by atoms with E-state index in [4.69, 9.17) is 4.42 Å². The van der Waals surface area contributed by atoms with Crippen LogP contribution in [0.3, 0.4) is 0 Å². The first kappa shape index (κ1) is 33.8. The molecule has 0 radical (unpaired) electrons. The van der Waals surface area contributed by atoms with Gasteiger partial charge in [0.1, 0.15) is 11.2 Å². The predicted molar refractivity (Wildman–Crippen MR) is 249 cm³/mol. The van der Waals surface area contributed by atoms with Crippen molar-refractivity contribution in [1.29, 1.82) is 0 Å². The Bertz CT molecular complexity index is 3420. The van der Waals surface area contributed by atoms with E-state index in [1.165, 1.54) is 99.8 Å². The number of allylic oxidation sites excluding steroid dienone is 2. The molecule has 8 aromatic carbocycles. The molecule has 2 unspecified atom stereocenters. The molecule has 13 rings (SSSR count). The van der Waals surface area contributed by atoms with Crippen LogP contribution in [0.2, 0.25) is 0 Å². The van der Waals surface area contributed by atoms with Crippen LogP contribution in [-0.4, -0.2) is 4.57 Å². The molecule has 3 heterocycles. The van der Waals surface area contributed by atoms with Crippen molar-refractivity contribution in [2.75, 3.05) is 4.90 Å². The second kappa shape index (κ2) is 12.5. The first-order valence-corrected chi connectivity index (χ1v) is 21.4. The Morgan fingerprint density at radius 2 is 1.20 bits per heavy atom. The second-order valence-electron chi connectivity index (χ2n) is 17.6. The van der Waals surface area contributed by atoms with Crippen molar-refractivity contribution < 1.29 is 4.42 Å². The van der Waals surface area contributed by atoms with Crippen LogP contribution in [0.25, 0.3) is 71.7 Å². The summed E-state index contributed by atoms with van der Waals surface area (Å²) in [5, 5.41) is 4.90. The average molecular weight is 771 g/mol. The first-order valence-electron chi connectivity index (χ1n) is 21.4. The Balaban J connectivity index is 0.915. The molecule has 1 aliphatic heterocycles. The van der Waals surface area contributed by atoms with Crippen LogP contribution in [0, 0.1) is 0 Å². The molecule has 10 aromatic rings. The number of anilines is 2. The monoisotopic (exact) mass is 770 g/mol. The average Bonchev–Trinajstić information content (AvgIpc) is 4.00. The van der Waals surface area contributed by atoms with E-state index in [0.29, 0.717) is 11.8 Å². The third-order valence-electron chi connectivity index (χ3n) is 14.1. The van der Waals surface area contributed by atoms with Crippen molar-refractivity contribution in [3.63, 3.8) is 0 Å². The number of benzene rings is 8. The first-order chi connectivity index (χ1) is 29.5. The van der Waals surface area contributed by atoms with Crippen molar-refractivity contribution >= 4 is 55.1 Å². The summed E-state index contributed by atoms with van der Waals surface area (Å²) in [7, 11) is 0. The van der Waals surface area contributed by atoms with Gasteiger partial charge in [0.25, 0.3) is 0 Å². The van der Waals surface area contributed by atoms with E-state index in [-0.39, 0.29) is 5.41 Å². The third kappa shape index (κ3) is 4.78. The van der Waals surface area contributed by atoms with E-state index in [1.54, 1.807) is 0 Å². The van der Waals surface area contributed by atoms with E-state index >= 15 is 0 Å². The summed E-state index contributed by atoms with van der Waals surface area (Å²) in [6.45, 7) is 4.73. The number of furan rings is 1. The number of hydrogen-bond acceptors (Lipinski definition) is 2. The van der Waals surface area contributed by atoms with Crippen LogP contribution < -0.4 is 4.90 Å². The summed E-state index contributed by atoms with van der Waals surface area (Å²) >= 11 is 0. The van der Waals surface area contributed by atoms with Gasteiger partial charge in [-0.25, -0.2) is 0 Å². The highest BCUT2D eigenvalue weighted by Crippen LogP contribution is 2.55. The van der Waals surface area contributed by atoms with E-state index < -0.39 is 0 Å². The molecular formula is C57H42N2O. The minimum absolute atomic E-state index is 0.0754. The zero-order valence-electron chi connectivity index (χ0n) is 33.7. The molecule has 0 saturated heterocycles. The zero-order valence-corrected chi connectivity index (χ0v) is 33.7. The quantitative estimate of drug-likeness (QED) is 0.178. The minimum Gasteiger partial charge on any atom is -0.456 e. The number of rotatable bonds is 4. The molecule has 0 fully saturated rings. The highest BCUT2D eigenvalue weighted by Gasteiger charge is 2.39. The van der Waals surface area contributed by atoms with Crippen molar-refractivity contribution in [1.82, 2.24) is 4.57 Å². The van der Waals surface area contributed by atoms with E-state index in [1.807, 2.05) is 0 Å². The molecule has 2 atom stereocenters. The van der Waals surface area contributed by atoms with Gasteiger partial charge in [-0.2, -0.15) is 0 Å². The Labute approximate surface area is 349 Å². The molecule has 0 N–H and O–H groups in total. The Morgan fingerprint density at radius 1 is 0.533 bits per heavy atom. The third-order valence-corrected chi connectivity index (χ3v) is 14.1. The van der Waals surface area contributed by atoms with Crippen LogP contribution in [0.1, 0.15) is 60.8 Å². The van der Waals surface area contributed by atoms with E-state index in [2.05, 4.69) is 205 Å². The van der Waals surface area contributed by atoms with Gasteiger partial charge < -0.3 is 13.9 Å². The summed E-state index contributed by atoms with van der Waals surface area (Å²) in [5.41, 5.74) is 20.1. The highest BCUT2D eigenvalue weighted by molar-refractivity contribution is 6.13. The summed E-state index contributed by atoms with van der Waals surface area (Å²) < 4.78 is 8.96. The second-order valence-corrected chi connectivity index (χ2v) is 17.6. The molecule has 3 nitrogen and oxygen atoms in total. The van der Waals surface area contributed by atoms with Gasteiger partial charge in [-0.15, -0.1) is 0 Å². The molecule has 2 aromatic heterocycles. The number of aromatic nitrogens is 1. The predicted octanol–water partition coefficient (Wildman–Crippen LogP) is 15.4. The smallest absolute Gasteiger partial charge is 0.135 e. The maximum absolute atomic E-state index is 6.51. The molecule has 2 aliphatic carbocycles. The van der Waals surface area contributed by atoms with Gasteiger partial charge in [-0.3, -0.25) is 0 Å². The summed E-state index contributed by atoms with van der Waals surface area (Å²) in [6, 6.07) is 65.2.